The van der Waals surface area contributed by atoms with Crippen LogP contribution >= 0.6 is 7.37 Å². The van der Waals surface area contributed by atoms with Crippen molar-refractivity contribution in [3.63, 3.8) is 0 Å². The van der Waals surface area contributed by atoms with Crippen LogP contribution in [0.1, 0.15) is 65.4 Å². The van der Waals surface area contributed by atoms with E-state index in [0.29, 0.717) is 11.1 Å². The first kappa shape index (κ1) is 39.0. The zero-order valence-corrected chi connectivity index (χ0v) is 29.9. The van der Waals surface area contributed by atoms with Gasteiger partial charge in [0.05, 0.1) is 5.92 Å². The topological polar surface area (TPSA) is 157 Å². The average Bonchev–Trinajstić information content (AvgIpc) is 3.03. The quantitative estimate of drug-likeness (QED) is 0.0853. The SMILES string of the molecule is CC(=O)OC(OP(=O)(C[C@@H](Cc1ccc(-c2ccccc2)cc1)C(=O)N[C@H](C)C(=O)O)C(NC(=O)OC(C)(C)C)c1ccccc1)C(C)C. The minimum atomic E-state index is -4.31. The number of alkyl carbamates (subject to hydrolysis) is 1. The molecule has 3 rings (SSSR count). The van der Waals surface area contributed by atoms with E-state index in [9.17, 15) is 24.3 Å². The normalized spacial score (nSPS) is 15.2. The van der Waals surface area contributed by atoms with Gasteiger partial charge < -0.3 is 25.2 Å². The smallest absolute Gasteiger partial charge is 0.408 e. The van der Waals surface area contributed by atoms with Crippen molar-refractivity contribution in [3.05, 3.63) is 96.1 Å². The van der Waals surface area contributed by atoms with E-state index in [1.54, 1.807) is 65.0 Å². The third kappa shape index (κ3) is 12.2. The Bertz CT molecular complexity index is 1610. The third-order valence-corrected chi connectivity index (χ3v) is 10.1. The average molecular weight is 695 g/mol. The maximum Gasteiger partial charge on any atom is 0.408 e. The van der Waals surface area contributed by atoms with E-state index >= 15 is 4.57 Å². The van der Waals surface area contributed by atoms with Gasteiger partial charge in [-0.2, -0.15) is 0 Å². The molecular weight excluding hydrogens is 647 g/mol. The minimum Gasteiger partial charge on any atom is -0.480 e. The molecule has 3 N–H and O–H groups in total. The number of aliphatic carboxylic acids is 1. The van der Waals surface area contributed by atoms with Crippen LogP contribution in [-0.2, 0) is 39.4 Å². The summed E-state index contributed by atoms with van der Waals surface area (Å²) in [6.07, 6.45) is -2.59. The number of carbonyl (C=O) groups excluding carboxylic acids is 3. The Morgan fingerprint density at radius 1 is 0.816 bits per heavy atom. The molecule has 0 aliphatic carbocycles. The van der Waals surface area contributed by atoms with Crippen molar-refractivity contribution in [2.24, 2.45) is 11.8 Å². The van der Waals surface area contributed by atoms with Gasteiger partial charge in [0.15, 0.2) is 0 Å². The van der Waals surface area contributed by atoms with Gasteiger partial charge in [0.25, 0.3) is 0 Å². The Hall–Kier alpha value is -4.47. The molecule has 0 heterocycles. The molecule has 49 heavy (non-hydrogen) atoms. The molecule has 0 aromatic heterocycles. The Labute approximate surface area is 288 Å². The molecule has 3 aromatic rings. The molecule has 2 amide bonds. The highest BCUT2D eigenvalue weighted by Gasteiger charge is 2.44. The lowest BCUT2D eigenvalue weighted by Gasteiger charge is -2.35. The number of nitrogens with one attached hydrogen (secondary N) is 2. The predicted molar refractivity (Wildman–Crippen MR) is 187 cm³/mol. The van der Waals surface area contributed by atoms with Crippen LogP contribution < -0.4 is 10.6 Å². The van der Waals surface area contributed by atoms with Crippen LogP contribution in [0.2, 0.25) is 0 Å². The summed E-state index contributed by atoms with van der Waals surface area (Å²) in [6, 6.07) is 24.4. The summed E-state index contributed by atoms with van der Waals surface area (Å²) in [6.45, 7) is 11.0. The second kappa shape index (κ2) is 17.3. The largest absolute Gasteiger partial charge is 0.480 e. The predicted octanol–water partition coefficient (Wildman–Crippen LogP) is 7.17. The molecule has 11 nitrogen and oxygen atoms in total. The summed E-state index contributed by atoms with van der Waals surface area (Å²) in [7, 11) is -4.31. The number of amides is 2. The summed E-state index contributed by atoms with van der Waals surface area (Å²) in [5.74, 6) is -5.52. The van der Waals surface area contributed by atoms with E-state index in [0.717, 1.165) is 11.1 Å². The van der Waals surface area contributed by atoms with Gasteiger partial charge in [-0.25, -0.2) is 4.79 Å². The van der Waals surface area contributed by atoms with Gasteiger partial charge in [0, 0.05) is 19.0 Å². The number of hydrogen-bond donors (Lipinski definition) is 3. The molecule has 5 atom stereocenters. The summed E-state index contributed by atoms with van der Waals surface area (Å²) < 4.78 is 32.7. The van der Waals surface area contributed by atoms with Crippen molar-refractivity contribution in [1.29, 1.82) is 0 Å². The Morgan fingerprint density at radius 2 is 1.37 bits per heavy atom. The molecule has 0 aliphatic heterocycles. The second-order valence-corrected chi connectivity index (χ2v) is 15.8. The molecule has 0 fully saturated rings. The van der Waals surface area contributed by atoms with E-state index in [4.69, 9.17) is 14.0 Å². The van der Waals surface area contributed by atoms with E-state index in [1.165, 1.54) is 13.8 Å². The molecule has 0 saturated carbocycles. The summed E-state index contributed by atoms with van der Waals surface area (Å²) in [5.41, 5.74) is 2.17. The molecule has 3 aromatic carbocycles. The Kier molecular flexibility index (Phi) is 13.7. The van der Waals surface area contributed by atoms with Crippen LogP contribution in [-0.4, -0.2) is 53.1 Å². The number of rotatable bonds is 15. The fraction of sp³-hybridized carbons (Fsp3) is 0.405. The first-order chi connectivity index (χ1) is 23.0. The van der Waals surface area contributed by atoms with E-state index < -0.39 is 73.0 Å². The lowest BCUT2D eigenvalue weighted by Crippen LogP contribution is -2.44. The number of carboxylic acids is 1. The van der Waals surface area contributed by atoms with Crippen LogP contribution in [0, 0.1) is 11.8 Å². The van der Waals surface area contributed by atoms with Gasteiger partial charge in [-0.15, -0.1) is 0 Å². The molecular formula is C37H47N2O9P. The highest BCUT2D eigenvalue weighted by atomic mass is 31.2. The molecule has 0 aliphatic rings. The van der Waals surface area contributed by atoms with Gasteiger partial charge in [-0.3, -0.25) is 23.5 Å². The molecule has 12 heteroatoms. The van der Waals surface area contributed by atoms with Crippen molar-refractivity contribution in [2.75, 3.05) is 6.16 Å². The number of carboxylic acid groups (broad SMARTS) is 1. The number of hydrogen-bond acceptors (Lipinski definition) is 8. The lowest BCUT2D eigenvalue weighted by atomic mass is 9.97. The van der Waals surface area contributed by atoms with Crippen LogP contribution in [0.4, 0.5) is 4.79 Å². The first-order valence-corrected chi connectivity index (χ1v) is 18.0. The van der Waals surface area contributed by atoms with Crippen molar-refractivity contribution >= 4 is 31.3 Å². The van der Waals surface area contributed by atoms with Crippen LogP contribution in [0.5, 0.6) is 0 Å². The molecule has 0 radical (unpaired) electrons. The molecule has 3 unspecified atom stereocenters. The standard InChI is InChI=1S/C37H47N2O9P/c1-24(2)35(46-26(4)40)48-49(45,33(30-16-12-9-13-17-30)39-36(44)47-37(5,6)7)23-31(32(41)38-25(3)34(42)43)22-27-18-20-29(21-19-27)28-14-10-8-11-15-28/h8-21,24-25,31,33,35H,22-23H2,1-7H3,(H,38,41)(H,39,44)(H,42,43)/t25-,31-,33?,35?,49?/m1/s1. The fourth-order valence-electron chi connectivity index (χ4n) is 4.98. The number of esters is 1. The van der Waals surface area contributed by atoms with Crippen molar-refractivity contribution in [3.8, 4) is 11.1 Å². The maximum absolute atomic E-state index is 15.5. The number of carbonyl (C=O) groups is 4. The van der Waals surface area contributed by atoms with Crippen molar-refractivity contribution in [1.82, 2.24) is 10.6 Å². The number of benzene rings is 3. The zero-order valence-electron chi connectivity index (χ0n) is 29.0. The highest BCUT2D eigenvalue weighted by molar-refractivity contribution is 7.59. The Morgan fingerprint density at radius 3 is 1.88 bits per heavy atom. The first-order valence-electron chi connectivity index (χ1n) is 16.1. The van der Waals surface area contributed by atoms with Crippen molar-refractivity contribution < 1.29 is 42.8 Å². The van der Waals surface area contributed by atoms with Gasteiger partial charge in [-0.05, 0) is 56.4 Å². The number of ether oxygens (including phenoxy) is 2. The van der Waals surface area contributed by atoms with E-state index in [-0.39, 0.29) is 6.42 Å². The van der Waals surface area contributed by atoms with Gasteiger partial charge in [0.1, 0.15) is 17.4 Å². The monoisotopic (exact) mass is 694 g/mol. The van der Waals surface area contributed by atoms with E-state index in [1.807, 2.05) is 54.6 Å². The fourth-order valence-corrected chi connectivity index (χ4v) is 7.87. The van der Waals surface area contributed by atoms with Gasteiger partial charge in [0.2, 0.25) is 19.6 Å². The lowest BCUT2D eigenvalue weighted by molar-refractivity contribution is -0.167. The zero-order chi connectivity index (χ0) is 36.4. The maximum atomic E-state index is 15.5. The summed E-state index contributed by atoms with van der Waals surface area (Å²) in [5, 5.41) is 14.8. The Balaban J connectivity index is 2.14. The summed E-state index contributed by atoms with van der Waals surface area (Å²) in [4.78, 5) is 50.9. The minimum absolute atomic E-state index is 0.0500. The van der Waals surface area contributed by atoms with Crippen LogP contribution in [0.15, 0.2) is 84.9 Å². The third-order valence-electron chi connectivity index (χ3n) is 7.39. The molecule has 0 bridgehead atoms. The van der Waals surface area contributed by atoms with E-state index in [2.05, 4.69) is 10.6 Å². The highest BCUT2D eigenvalue weighted by Crippen LogP contribution is 2.61. The molecule has 264 valence electrons. The molecule has 0 spiro atoms. The molecule has 0 saturated heterocycles. The van der Waals surface area contributed by atoms with Gasteiger partial charge in [-0.1, -0.05) is 98.8 Å². The van der Waals surface area contributed by atoms with Crippen molar-refractivity contribution in [2.45, 2.75) is 78.6 Å². The van der Waals surface area contributed by atoms with Crippen LogP contribution in [0.3, 0.4) is 0 Å². The van der Waals surface area contributed by atoms with Gasteiger partial charge >= 0.3 is 18.0 Å². The second-order valence-electron chi connectivity index (χ2n) is 13.2. The van der Waals surface area contributed by atoms with Crippen LogP contribution in [0.25, 0.3) is 11.1 Å². The summed E-state index contributed by atoms with van der Waals surface area (Å²) >= 11 is 0.